The molecule has 0 aliphatic carbocycles. The van der Waals surface area contributed by atoms with Crippen LogP contribution in [0.25, 0.3) is 0 Å². The average molecular weight is 228 g/mol. The topological polar surface area (TPSA) is 45.2 Å². The van der Waals surface area contributed by atoms with E-state index < -0.39 is 5.60 Å². The molecular formula is C11H20N2OS. The summed E-state index contributed by atoms with van der Waals surface area (Å²) in [5.74, 6) is 0. The number of thiazole rings is 1. The van der Waals surface area contributed by atoms with Crippen molar-refractivity contribution in [3.8, 4) is 0 Å². The van der Waals surface area contributed by atoms with Gasteiger partial charge in [0.15, 0.2) is 0 Å². The smallest absolute Gasteiger partial charge is 0.0897 e. The molecule has 0 amide bonds. The summed E-state index contributed by atoms with van der Waals surface area (Å²) in [6.45, 7) is 7.47. The van der Waals surface area contributed by atoms with Crippen LogP contribution < -0.4 is 5.32 Å². The number of hydrogen-bond acceptors (Lipinski definition) is 4. The van der Waals surface area contributed by atoms with Gasteiger partial charge in [-0.1, -0.05) is 0 Å². The van der Waals surface area contributed by atoms with Crippen molar-refractivity contribution in [1.82, 2.24) is 10.3 Å². The third-order valence-corrected chi connectivity index (χ3v) is 2.96. The van der Waals surface area contributed by atoms with Crippen molar-refractivity contribution in [3.63, 3.8) is 0 Å². The summed E-state index contributed by atoms with van der Waals surface area (Å²) in [4.78, 5) is 4.39. The van der Waals surface area contributed by atoms with E-state index in [9.17, 15) is 5.11 Å². The van der Waals surface area contributed by atoms with Gasteiger partial charge in [-0.05, 0) is 33.7 Å². The lowest BCUT2D eigenvalue weighted by molar-refractivity contribution is 0.0713. The Morgan fingerprint density at radius 1 is 1.47 bits per heavy atom. The van der Waals surface area contributed by atoms with Gasteiger partial charge in [0.25, 0.3) is 0 Å². The number of aromatic nitrogens is 1. The molecule has 0 saturated carbocycles. The fourth-order valence-electron chi connectivity index (χ4n) is 1.26. The second-order valence-corrected chi connectivity index (χ2v) is 5.48. The molecule has 86 valence electrons. The predicted octanol–water partition coefficient (Wildman–Crippen LogP) is 1.74. The second-order valence-electron chi connectivity index (χ2n) is 4.42. The summed E-state index contributed by atoms with van der Waals surface area (Å²) in [7, 11) is 0. The van der Waals surface area contributed by atoms with Gasteiger partial charge in [-0.25, -0.2) is 4.98 Å². The number of aryl methyl sites for hydroxylation is 1. The standard InChI is InChI=1S/C11H20N2OS/c1-9-13-10(8-15-9)4-6-12-7-5-11(2,3)14/h8,12,14H,4-7H2,1-3H3. The minimum atomic E-state index is -0.565. The van der Waals surface area contributed by atoms with Crippen LogP contribution in [-0.2, 0) is 6.42 Å². The first kappa shape index (κ1) is 12.6. The molecule has 0 radical (unpaired) electrons. The molecule has 0 fully saturated rings. The van der Waals surface area contributed by atoms with Gasteiger partial charge in [0.05, 0.1) is 16.3 Å². The van der Waals surface area contributed by atoms with Crippen molar-refractivity contribution >= 4 is 11.3 Å². The van der Waals surface area contributed by atoms with Gasteiger partial charge in [-0.15, -0.1) is 11.3 Å². The number of aliphatic hydroxyl groups is 1. The highest BCUT2D eigenvalue weighted by molar-refractivity contribution is 7.09. The van der Waals surface area contributed by atoms with E-state index in [4.69, 9.17) is 0 Å². The molecular weight excluding hydrogens is 208 g/mol. The zero-order chi connectivity index (χ0) is 11.3. The van der Waals surface area contributed by atoms with Crippen LogP contribution in [0, 0.1) is 6.92 Å². The van der Waals surface area contributed by atoms with E-state index in [2.05, 4.69) is 15.7 Å². The monoisotopic (exact) mass is 228 g/mol. The van der Waals surface area contributed by atoms with E-state index in [0.29, 0.717) is 0 Å². The maximum Gasteiger partial charge on any atom is 0.0897 e. The van der Waals surface area contributed by atoms with E-state index in [1.54, 1.807) is 11.3 Å². The van der Waals surface area contributed by atoms with Crippen LogP contribution in [0.1, 0.15) is 31.0 Å². The average Bonchev–Trinajstić information content (AvgIpc) is 2.49. The quantitative estimate of drug-likeness (QED) is 0.729. The zero-order valence-corrected chi connectivity index (χ0v) is 10.5. The minimum Gasteiger partial charge on any atom is -0.390 e. The van der Waals surface area contributed by atoms with Crippen LogP contribution in [0.15, 0.2) is 5.38 Å². The number of nitrogens with zero attached hydrogens (tertiary/aromatic N) is 1. The molecule has 15 heavy (non-hydrogen) atoms. The molecule has 0 aliphatic heterocycles. The van der Waals surface area contributed by atoms with E-state index in [1.807, 2.05) is 20.8 Å². The van der Waals surface area contributed by atoms with Gasteiger partial charge in [0, 0.05) is 18.3 Å². The van der Waals surface area contributed by atoms with Gasteiger partial charge in [0.2, 0.25) is 0 Å². The Morgan fingerprint density at radius 2 is 2.20 bits per heavy atom. The molecule has 1 aromatic rings. The molecule has 0 aliphatic rings. The molecule has 0 saturated heterocycles. The van der Waals surface area contributed by atoms with Crippen LogP contribution in [-0.4, -0.2) is 28.8 Å². The Balaban J connectivity index is 2.07. The number of hydrogen-bond donors (Lipinski definition) is 2. The molecule has 4 heteroatoms. The first-order valence-corrected chi connectivity index (χ1v) is 6.19. The van der Waals surface area contributed by atoms with Crippen molar-refractivity contribution in [2.24, 2.45) is 0 Å². The SMILES string of the molecule is Cc1nc(CCNCCC(C)(C)O)cs1. The highest BCUT2D eigenvalue weighted by atomic mass is 32.1. The molecule has 1 aromatic heterocycles. The molecule has 0 atom stereocenters. The van der Waals surface area contributed by atoms with Crippen LogP contribution >= 0.6 is 11.3 Å². The minimum absolute atomic E-state index is 0.565. The molecule has 1 rings (SSSR count). The van der Waals surface area contributed by atoms with E-state index in [-0.39, 0.29) is 0 Å². The summed E-state index contributed by atoms with van der Waals surface area (Å²) >= 11 is 1.69. The highest BCUT2D eigenvalue weighted by Gasteiger charge is 2.10. The molecule has 2 N–H and O–H groups in total. The van der Waals surface area contributed by atoms with Gasteiger partial charge in [-0.3, -0.25) is 0 Å². The summed E-state index contributed by atoms with van der Waals surface area (Å²) in [5.41, 5.74) is 0.595. The molecule has 1 heterocycles. The maximum atomic E-state index is 9.49. The van der Waals surface area contributed by atoms with Crippen LogP contribution in [0.4, 0.5) is 0 Å². The van der Waals surface area contributed by atoms with Crippen LogP contribution in [0.5, 0.6) is 0 Å². The van der Waals surface area contributed by atoms with Crippen molar-refractivity contribution in [3.05, 3.63) is 16.1 Å². The van der Waals surface area contributed by atoms with Gasteiger partial charge in [0.1, 0.15) is 0 Å². The molecule has 0 unspecified atom stereocenters. The van der Waals surface area contributed by atoms with Crippen LogP contribution in [0.3, 0.4) is 0 Å². The fourth-order valence-corrected chi connectivity index (χ4v) is 1.91. The van der Waals surface area contributed by atoms with Crippen molar-refractivity contribution in [2.45, 2.75) is 39.2 Å². The Labute approximate surface area is 95.6 Å². The molecule has 0 aromatic carbocycles. The van der Waals surface area contributed by atoms with Gasteiger partial charge >= 0.3 is 0 Å². The fraction of sp³-hybridized carbons (Fsp3) is 0.727. The third kappa shape index (κ3) is 5.87. The Kier molecular flexibility index (Phi) is 4.70. The molecule has 3 nitrogen and oxygen atoms in total. The summed E-state index contributed by atoms with van der Waals surface area (Å²) < 4.78 is 0. The number of nitrogens with one attached hydrogen (secondary N) is 1. The van der Waals surface area contributed by atoms with Gasteiger partial charge < -0.3 is 10.4 Å². The van der Waals surface area contributed by atoms with Crippen molar-refractivity contribution < 1.29 is 5.11 Å². The first-order chi connectivity index (χ1) is 6.97. The first-order valence-electron chi connectivity index (χ1n) is 5.31. The highest BCUT2D eigenvalue weighted by Crippen LogP contribution is 2.08. The summed E-state index contributed by atoms with van der Waals surface area (Å²) in [6, 6.07) is 0. The van der Waals surface area contributed by atoms with E-state index in [1.165, 1.54) is 0 Å². The lowest BCUT2D eigenvalue weighted by atomic mass is 10.1. The zero-order valence-electron chi connectivity index (χ0n) is 9.71. The lowest BCUT2D eigenvalue weighted by Crippen LogP contribution is -2.27. The number of rotatable bonds is 6. The largest absolute Gasteiger partial charge is 0.390 e. The normalized spacial score (nSPS) is 12.0. The lowest BCUT2D eigenvalue weighted by Gasteiger charge is -2.16. The maximum absolute atomic E-state index is 9.49. The molecule has 0 bridgehead atoms. The second kappa shape index (κ2) is 5.58. The molecule has 0 spiro atoms. The Hall–Kier alpha value is -0.450. The summed E-state index contributed by atoms with van der Waals surface area (Å²) in [6.07, 6.45) is 1.75. The van der Waals surface area contributed by atoms with Gasteiger partial charge in [-0.2, -0.15) is 0 Å². The predicted molar refractivity (Wildman–Crippen MR) is 64.3 cm³/mol. The van der Waals surface area contributed by atoms with E-state index in [0.717, 1.165) is 36.6 Å². The van der Waals surface area contributed by atoms with Crippen molar-refractivity contribution in [1.29, 1.82) is 0 Å². The van der Waals surface area contributed by atoms with Crippen molar-refractivity contribution in [2.75, 3.05) is 13.1 Å². The van der Waals surface area contributed by atoms with Crippen LogP contribution in [0.2, 0.25) is 0 Å². The third-order valence-electron chi connectivity index (χ3n) is 2.14. The van der Waals surface area contributed by atoms with E-state index >= 15 is 0 Å². The Morgan fingerprint density at radius 3 is 2.73 bits per heavy atom. The summed E-state index contributed by atoms with van der Waals surface area (Å²) in [5, 5.41) is 16.0. The Bertz CT molecular complexity index is 291.